The third-order valence-electron chi connectivity index (χ3n) is 1.24. The Labute approximate surface area is 75.6 Å². The summed E-state index contributed by atoms with van der Waals surface area (Å²) in [7, 11) is 0. The highest BCUT2D eigenvalue weighted by Crippen LogP contribution is 2.17. The van der Waals surface area contributed by atoms with E-state index in [1.54, 1.807) is 24.3 Å². The molecule has 0 radical (unpaired) electrons. The average molecular weight is 177 g/mol. The third-order valence-corrected chi connectivity index (χ3v) is 1.57. The molecule has 58 valence electrons. The van der Waals surface area contributed by atoms with Crippen molar-refractivity contribution in [1.29, 1.82) is 5.26 Å². The predicted octanol–water partition coefficient (Wildman–Crippen LogP) is 1.80. The van der Waals surface area contributed by atoms with E-state index in [1.165, 1.54) is 0 Å². The Morgan fingerprint density at radius 1 is 1.42 bits per heavy atom. The van der Waals surface area contributed by atoms with Gasteiger partial charge in [0.2, 0.25) is 0 Å². The minimum atomic E-state index is 0.506. The molecule has 0 unspecified atom stereocenters. The lowest BCUT2D eigenvalue weighted by Crippen LogP contribution is -1.85. The van der Waals surface area contributed by atoms with Gasteiger partial charge in [-0.25, -0.2) is 0 Å². The highest BCUT2D eigenvalue weighted by molar-refractivity contribution is 6.31. The van der Waals surface area contributed by atoms with Crippen molar-refractivity contribution in [3.05, 3.63) is 28.8 Å². The number of nitrogens with two attached hydrogens (primary N) is 1. The molecule has 1 rings (SSSR count). The summed E-state index contributed by atoms with van der Waals surface area (Å²) >= 11 is 5.76. The number of nitriles is 1. The lowest BCUT2D eigenvalue weighted by Gasteiger charge is -1.96. The van der Waals surface area contributed by atoms with Crippen LogP contribution >= 0.6 is 11.6 Å². The summed E-state index contributed by atoms with van der Waals surface area (Å²) in [5, 5.41) is 8.70. The molecular formula is C9H5ClN2. The smallest absolute Gasteiger partial charge is 0.152 e. The van der Waals surface area contributed by atoms with Gasteiger partial charge in [-0.1, -0.05) is 11.6 Å². The van der Waals surface area contributed by atoms with Gasteiger partial charge in [0.1, 0.15) is 0 Å². The molecule has 3 heteroatoms. The van der Waals surface area contributed by atoms with E-state index in [0.29, 0.717) is 16.3 Å². The Morgan fingerprint density at radius 2 is 2.17 bits per heavy atom. The minimum Gasteiger partial charge on any atom is -0.399 e. The van der Waals surface area contributed by atoms with Gasteiger partial charge in [0.05, 0.1) is 5.02 Å². The van der Waals surface area contributed by atoms with Gasteiger partial charge in [0.25, 0.3) is 0 Å². The maximum Gasteiger partial charge on any atom is 0.152 e. The van der Waals surface area contributed by atoms with E-state index in [4.69, 9.17) is 22.6 Å². The Kier molecular flexibility index (Phi) is 2.58. The normalized spacial score (nSPS) is 8.00. The number of nitrogens with zero attached hydrogens (tertiary/aromatic N) is 1. The second kappa shape index (κ2) is 3.67. The van der Waals surface area contributed by atoms with Crippen LogP contribution < -0.4 is 5.73 Å². The molecule has 1 aromatic rings. The van der Waals surface area contributed by atoms with Gasteiger partial charge in [-0.3, -0.25) is 0 Å². The monoisotopic (exact) mass is 176 g/mol. The van der Waals surface area contributed by atoms with Crippen LogP contribution in [0.3, 0.4) is 0 Å². The van der Waals surface area contributed by atoms with Crippen LogP contribution in [0.1, 0.15) is 5.56 Å². The molecule has 0 atom stereocenters. The van der Waals surface area contributed by atoms with E-state index >= 15 is 0 Å². The SMILES string of the molecule is N#CC#Cc1cc(N)ccc1Cl. The van der Waals surface area contributed by atoms with Crippen molar-refractivity contribution in [2.75, 3.05) is 5.73 Å². The van der Waals surface area contributed by atoms with Crippen LogP contribution in [-0.2, 0) is 0 Å². The molecule has 0 aliphatic carbocycles. The lowest BCUT2D eigenvalue weighted by molar-refractivity contribution is 1.55. The average Bonchev–Trinajstić information content (AvgIpc) is 2.07. The highest BCUT2D eigenvalue weighted by Gasteiger charge is 1.95. The summed E-state index contributed by atoms with van der Waals surface area (Å²) in [6.07, 6.45) is 0. The van der Waals surface area contributed by atoms with Gasteiger partial charge in [0.15, 0.2) is 6.07 Å². The van der Waals surface area contributed by atoms with E-state index in [-0.39, 0.29) is 0 Å². The largest absolute Gasteiger partial charge is 0.399 e. The summed E-state index contributed by atoms with van der Waals surface area (Å²) < 4.78 is 0. The molecule has 2 nitrogen and oxygen atoms in total. The molecule has 0 heterocycles. The van der Waals surface area contributed by atoms with E-state index < -0.39 is 0 Å². The van der Waals surface area contributed by atoms with Gasteiger partial charge in [0, 0.05) is 17.2 Å². The molecule has 2 N–H and O–H groups in total. The molecule has 0 aromatic heterocycles. The van der Waals surface area contributed by atoms with Crippen LogP contribution in [0.2, 0.25) is 5.02 Å². The Hall–Kier alpha value is -1.64. The Morgan fingerprint density at radius 3 is 2.83 bits per heavy atom. The van der Waals surface area contributed by atoms with E-state index in [2.05, 4.69) is 11.8 Å². The fraction of sp³-hybridized carbons (Fsp3) is 0. The van der Waals surface area contributed by atoms with Gasteiger partial charge in [-0.15, -0.1) is 0 Å². The second-order valence-electron chi connectivity index (χ2n) is 2.10. The molecule has 0 saturated heterocycles. The van der Waals surface area contributed by atoms with Gasteiger partial charge < -0.3 is 5.73 Å². The number of halogens is 1. The van der Waals surface area contributed by atoms with E-state index in [1.807, 2.05) is 0 Å². The van der Waals surface area contributed by atoms with Gasteiger partial charge >= 0.3 is 0 Å². The van der Waals surface area contributed by atoms with Crippen molar-refractivity contribution in [3.63, 3.8) is 0 Å². The van der Waals surface area contributed by atoms with Crippen LogP contribution in [0, 0.1) is 23.2 Å². The third kappa shape index (κ3) is 1.92. The molecule has 0 spiro atoms. The summed E-state index contributed by atoms with van der Waals surface area (Å²) in [6.45, 7) is 0. The minimum absolute atomic E-state index is 0.506. The van der Waals surface area contributed by atoms with E-state index in [0.717, 1.165) is 0 Å². The van der Waals surface area contributed by atoms with Gasteiger partial charge in [-0.05, 0) is 24.1 Å². The quantitative estimate of drug-likeness (QED) is 0.484. The molecule has 12 heavy (non-hydrogen) atoms. The van der Waals surface area contributed by atoms with Crippen molar-refractivity contribution in [1.82, 2.24) is 0 Å². The van der Waals surface area contributed by atoms with Crippen LogP contribution in [-0.4, -0.2) is 0 Å². The summed E-state index contributed by atoms with van der Waals surface area (Å²) in [4.78, 5) is 0. The first-order valence-electron chi connectivity index (χ1n) is 3.19. The zero-order valence-electron chi connectivity index (χ0n) is 6.13. The predicted molar refractivity (Wildman–Crippen MR) is 48.4 cm³/mol. The van der Waals surface area contributed by atoms with Crippen molar-refractivity contribution < 1.29 is 0 Å². The molecule has 1 aromatic carbocycles. The first-order valence-corrected chi connectivity index (χ1v) is 3.57. The Balaban J connectivity index is 3.16. The molecule has 0 fully saturated rings. The molecule has 0 amide bonds. The number of nitrogen functional groups attached to an aromatic ring is 1. The van der Waals surface area contributed by atoms with Crippen molar-refractivity contribution in [2.45, 2.75) is 0 Å². The zero-order valence-corrected chi connectivity index (χ0v) is 6.89. The van der Waals surface area contributed by atoms with Crippen LogP contribution in [0.5, 0.6) is 0 Å². The van der Waals surface area contributed by atoms with Crippen molar-refractivity contribution in [3.8, 4) is 17.9 Å². The molecule has 0 bridgehead atoms. The topological polar surface area (TPSA) is 49.8 Å². The summed E-state index contributed by atoms with van der Waals surface area (Å²) in [5.74, 6) is 4.83. The highest BCUT2D eigenvalue weighted by atomic mass is 35.5. The Bertz CT molecular complexity index is 393. The molecular weight excluding hydrogens is 172 g/mol. The maximum absolute atomic E-state index is 8.19. The van der Waals surface area contributed by atoms with Crippen molar-refractivity contribution >= 4 is 17.3 Å². The molecule has 0 saturated carbocycles. The summed E-state index contributed by atoms with van der Waals surface area (Å²) in [6, 6.07) is 6.67. The lowest BCUT2D eigenvalue weighted by atomic mass is 10.2. The van der Waals surface area contributed by atoms with Crippen LogP contribution in [0.4, 0.5) is 5.69 Å². The number of rotatable bonds is 0. The first-order chi connectivity index (χ1) is 5.74. The number of anilines is 1. The number of hydrogen-bond donors (Lipinski definition) is 1. The second-order valence-corrected chi connectivity index (χ2v) is 2.51. The van der Waals surface area contributed by atoms with Crippen LogP contribution in [0.15, 0.2) is 18.2 Å². The standard InChI is InChI=1S/C9H5ClN2/c10-9-4-3-8(12)6-7(9)2-1-5-11/h3-4,6H,12H2. The zero-order chi connectivity index (χ0) is 8.97. The fourth-order valence-electron chi connectivity index (χ4n) is 0.734. The van der Waals surface area contributed by atoms with E-state index in [9.17, 15) is 0 Å². The van der Waals surface area contributed by atoms with Gasteiger partial charge in [-0.2, -0.15) is 5.26 Å². The fourth-order valence-corrected chi connectivity index (χ4v) is 0.899. The maximum atomic E-state index is 8.19. The number of benzene rings is 1. The first kappa shape index (κ1) is 8.46. The van der Waals surface area contributed by atoms with Crippen LogP contribution in [0.25, 0.3) is 0 Å². The summed E-state index contributed by atoms with van der Waals surface area (Å²) in [5.41, 5.74) is 6.66. The molecule has 0 aliphatic heterocycles. The van der Waals surface area contributed by atoms with Crippen molar-refractivity contribution in [2.24, 2.45) is 0 Å². The molecule has 0 aliphatic rings. The number of hydrogen-bond acceptors (Lipinski definition) is 2.